The topological polar surface area (TPSA) is 40.9 Å². The lowest BCUT2D eigenvalue weighted by molar-refractivity contribution is 0.0743. The van der Waals surface area contributed by atoms with Crippen molar-refractivity contribution in [2.45, 2.75) is 13.3 Å². The zero-order valence-corrected chi connectivity index (χ0v) is 14.7. The monoisotopic (exact) mass is 352 g/mol. The molecular formula is C20H21FN4O. The molecule has 134 valence electrons. The van der Waals surface area contributed by atoms with Gasteiger partial charge in [0.1, 0.15) is 11.6 Å². The number of para-hydroxylation sites is 1. The second-order valence-corrected chi connectivity index (χ2v) is 6.42. The van der Waals surface area contributed by atoms with Gasteiger partial charge in [0.05, 0.1) is 11.2 Å². The van der Waals surface area contributed by atoms with Gasteiger partial charge in [0, 0.05) is 38.8 Å². The van der Waals surface area contributed by atoms with Crippen molar-refractivity contribution >= 4 is 17.1 Å². The number of benzene rings is 1. The van der Waals surface area contributed by atoms with Gasteiger partial charge in [-0.15, -0.1) is 0 Å². The van der Waals surface area contributed by atoms with Gasteiger partial charge >= 0.3 is 0 Å². The summed E-state index contributed by atoms with van der Waals surface area (Å²) in [6.07, 6.45) is 2.70. The summed E-state index contributed by atoms with van der Waals surface area (Å²) in [5.74, 6) is 0.607. The quantitative estimate of drug-likeness (QED) is 0.728. The van der Waals surface area contributed by atoms with Crippen LogP contribution in [0.5, 0.6) is 0 Å². The summed E-state index contributed by atoms with van der Waals surface area (Å²) in [6.45, 7) is 4.36. The maximum Gasteiger partial charge on any atom is 0.274 e. The maximum absolute atomic E-state index is 14.0. The van der Waals surface area contributed by atoms with Crippen molar-refractivity contribution < 1.29 is 9.18 Å². The highest BCUT2D eigenvalue weighted by atomic mass is 19.1. The molecule has 2 aromatic heterocycles. The molecule has 3 aromatic rings. The third-order valence-corrected chi connectivity index (χ3v) is 4.90. The average molecular weight is 352 g/mol. The van der Waals surface area contributed by atoms with Crippen LogP contribution in [0, 0.1) is 5.82 Å². The first-order chi connectivity index (χ1) is 12.7. The number of nitrogens with zero attached hydrogens (tertiary/aromatic N) is 4. The van der Waals surface area contributed by atoms with E-state index < -0.39 is 0 Å². The third-order valence-electron chi connectivity index (χ3n) is 4.90. The largest absolute Gasteiger partial charge is 0.366 e. The minimum atomic E-state index is -0.222. The van der Waals surface area contributed by atoms with Gasteiger partial charge in [0.25, 0.3) is 5.91 Å². The predicted molar refractivity (Wildman–Crippen MR) is 99.1 cm³/mol. The Morgan fingerprint density at radius 1 is 1.08 bits per heavy atom. The maximum atomic E-state index is 14.0. The van der Waals surface area contributed by atoms with E-state index in [4.69, 9.17) is 0 Å². The lowest BCUT2D eigenvalue weighted by Gasteiger charge is -2.36. The number of anilines is 1. The van der Waals surface area contributed by atoms with Gasteiger partial charge in [-0.1, -0.05) is 25.1 Å². The van der Waals surface area contributed by atoms with Gasteiger partial charge in [-0.3, -0.25) is 4.79 Å². The fourth-order valence-electron chi connectivity index (χ4n) is 3.52. The van der Waals surface area contributed by atoms with Crippen molar-refractivity contribution in [2.75, 3.05) is 31.1 Å². The molecule has 1 amide bonds. The van der Waals surface area contributed by atoms with Crippen molar-refractivity contribution in [3.05, 3.63) is 66.0 Å². The molecular weight excluding hydrogens is 331 g/mol. The van der Waals surface area contributed by atoms with E-state index in [1.165, 1.54) is 6.07 Å². The van der Waals surface area contributed by atoms with E-state index in [-0.39, 0.29) is 11.7 Å². The standard InChI is InChI=1S/C20H21FN4O/c1-2-18-22-19(17-9-5-6-10-25(17)18)20(26)24-13-11-23(12-14-24)16-8-4-3-7-15(16)21/h3-10H,2,11-14H2,1H3. The number of fused-ring (bicyclic) bond motifs is 1. The number of imidazole rings is 1. The first kappa shape index (κ1) is 16.6. The van der Waals surface area contributed by atoms with Crippen LogP contribution in [-0.4, -0.2) is 46.4 Å². The number of carbonyl (C=O) groups is 1. The Labute approximate surface area is 151 Å². The molecule has 1 aliphatic rings. The Balaban J connectivity index is 1.53. The number of piperazine rings is 1. The predicted octanol–water partition coefficient (Wildman–Crippen LogP) is 3.00. The summed E-state index contributed by atoms with van der Waals surface area (Å²) >= 11 is 0. The fourth-order valence-corrected chi connectivity index (χ4v) is 3.52. The highest BCUT2D eigenvalue weighted by molar-refractivity contribution is 5.99. The number of rotatable bonds is 3. The van der Waals surface area contributed by atoms with Crippen LogP contribution in [-0.2, 0) is 6.42 Å². The van der Waals surface area contributed by atoms with Gasteiger partial charge in [-0.2, -0.15) is 0 Å². The van der Waals surface area contributed by atoms with E-state index in [1.54, 1.807) is 12.1 Å². The molecule has 0 unspecified atom stereocenters. The Morgan fingerprint density at radius 3 is 2.54 bits per heavy atom. The molecule has 0 bridgehead atoms. The second kappa shape index (κ2) is 6.78. The van der Waals surface area contributed by atoms with Crippen LogP contribution >= 0.6 is 0 Å². The SMILES string of the molecule is CCc1nc(C(=O)N2CCN(c3ccccc3F)CC2)c2ccccn12. The first-order valence-corrected chi connectivity index (χ1v) is 8.93. The van der Waals surface area contributed by atoms with Crippen molar-refractivity contribution in [2.24, 2.45) is 0 Å². The third kappa shape index (κ3) is 2.81. The van der Waals surface area contributed by atoms with Crippen LogP contribution in [0.1, 0.15) is 23.2 Å². The summed E-state index contributed by atoms with van der Waals surface area (Å²) in [6, 6.07) is 12.6. The molecule has 0 N–H and O–H groups in total. The van der Waals surface area contributed by atoms with E-state index in [0.717, 1.165) is 17.8 Å². The second-order valence-electron chi connectivity index (χ2n) is 6.42. The van der Waals surface area contributed by atoms with Gasteiger partial charge < -0.3 is 14.2 Å². The smallest absolute Gasteiger partial charge is 0.274 e. The Bertz CT molecular complexity index is 944. The Hall–Kier alpha value is -2.89. The van der Waals surface area contributed by atoms with Crippen molar-refractivity contribution in [1.29, 1.82) is 0 Å². The molecule has 1 aromatic carbocycles. The Morgan fingerprint density at radius 2 is 1.81 bits per heavy atom. The minimum absolute atomic E-state index is 0.0541. The van der Waals surface area contributed by atoms with Crippen LogP contribution in [0.4, 0.5) is 10.1 Å². The van der Waals surface area contributed by atoms with Crippen LogP contribution in [0.15, 0.2) is 48.7 Å². The summed E-state index contributed by atoms with van der Waals surface area (Å²) < 4.78 is 16.0. The molecule has 0 saturated carbocycles. The fraction of sp³-hybridized carbons (Fsp3) is 0.300. The normalized spacial score (nSPS) is 14.8. The number of aryl methyl sites for hydroxylation is 1. The highest BCUT2D eigenvalue weighted by Crippen LogP contribution is 2.22. The van der Waals surface area contributed by atoms with Crippen molar-refractivity contribution in [3.63, 3.8) is 0 Å². The van der Waals surface area contributed by atoms with Crippen molar-refractivity contribution in [3.8, 4) is 0 Å². The number of aromatic nitrogens is 2. The molecule has 1 fully saturated rings. The number of amides is 1. The molecule has 4 rings (SSSR count). The lowest BCUT2D eigenvalue weighted by Crippen LogP contribution is -2.49. The molecule has 6 heteroatoms. The molecule has 0 aliphatic carbocycles. The summed E-state index contributed by atoms with van der Waals surface area (Å²) in [7, 11) is 0. The number of halogens is 1. The zero-order chi connectivity index (χ0) is 18.1. The van der Waals surface area contributed by atoms with E-state index in [2.05, 4.69) is 4.98 Å². The highest BCUT2D eigenvalue weighted by Gasteiger charge is 2.26. The van der Waals surface area contributed by atoms with Crippen LogP contribution in [0.25, 0.3) is 5.52 Å². The van der Waals surface area contributed by atoms with E-state index in [9.17, 15) is 9.18 Å². The zero-order valence-electron chi connectivity index (χ0n) is 14.7. The molecule has 26 heavy (non-hydrogen) atoms. The number of hydrogen-bond acceptors (Lipinski definition) is 3. The van der Waals surface area contributed by atoms with E-state index in [1.807, 2.05) is 51.6 Å². The summed E-state index contributed by atoms with van der Waals surface area (Å²) in [5, 5.41) is 0. The molecule has 1 saturated heterocycles. The lowest BCUT2D eigenvalue weighted by atomic mass is 10.2. The molecule has 3 heterocycles. The Kier molecular flexibility index (Phi) is 4.32. The van der Waals surface area contributed by atoms with Crippen molar-refractivity contribution in [1.82, 2.24) is 14.3 Å². The first-order valence-electron chi connectivity index (χ1n) is 8.93. The minimum Gasteiger partial charge on any atom is -0.366 e. The van der Waals surface area contributed by atoms with Gasteiger partial charge in [0.2, 0.25) is 0 Å². The van der Waals surface area contributed by atoms with Gasteiger partial charge in [-0.25, -0.2) is 9.37 Å². The average Bonchev–Trinajstić information content (AvgIpc) is 3.07. The number of hydrogen-bond donors (Lipinski definition) is 0. The van der Waals surface area contributed by atoms with Crippen LogP contribution < -0.4 is 4.90 Å². The molecule has 0 spiro atoms. The molecule has 1 aliphatic heterocycles. The summed E-state index contributed by atoms with van der Waals surface area (Å²) in [4.78, 5) is 21.4. The van der Waals surface area contributed by atoms with Crippen LogP contribution in [0.3, 0.4) is 0 Å². The van der Waals surface area contributed by atoms with Gasteiger partial charge in [0.15, 0.2) is 5.69 Å². The number of pyridine rings is 1. The summed E-state index contributed by atoms with van der Waals surface area (Å²) in [5.41, 5.74) is 1.94. The van der Waals surface area contributed by atoms with Crippen LogP contribution in [0.2, 0.25) is 0 Å². The molecule has 0 radical (unpaired) electrons. The van der Waals surface area contributed by atoms with Gasteiger partial charge in [-0.05, 0) is 24.3 Å². The number of carbonyl (C=O) groups excluding carboxylic acids is 1. The molecule has 5 nitrogen and oxygen atoms in total. The van der Waals surface area contributed by atoms with E-state index in [0.29, 0.717) is 37.6 Å². The van der Waals surface area contributed by atoms with E-state index >= 15 is 0 Å². The molecule has 0 atom stereocenters.